The summed E-state index contributed by atoms with van der Waals surface area (Å²) in [5, 5.41) is 4.50. The second-order valence-electron chi connectivity index (χ2n) is 5.47. The quantitative estimate of drug-likeness (QED) is 0.901. The van der Waals surface area contributed by atoms with Crippen molar-refractivity contribution >= 4 is 28.8 Å². The van der Waals surface area contributed by atoms with Crippen LogP contribution in [0.1, 0.15) is 38.8 Å². The largest absolute Gasteiger partial charge is 0.486 e. The van der Waals surface area contributed by atoms with Gasteiger partial charge in [0.2, 0.25) is 0 Å². The van der Waals surface area contributed by atoms with E-state index in [9.17, 15) is 4.79 Å². The number of nitrogens with zero attached hydrogens (tertiary/aromatic N) is 1. The monoisotopic (exact) mass is 336 g/mol. The van der Waals surface area contributed by atoms with Crippen LogP contribution in [0.25, 0.3) is 0 Å². The highest BCUT2D eigenvalue weighted by Gasteiger charge is 2.25. The summed E-state index contributed by atoms with van der Waals surface area (Å²) < 4.78 is 5.73. The van der Waals surface area contributed by atoms with Crippen molar-refractivity contribution in [3.05, 3.63) is 44.4 Å². The Kier molecular flexibility index (Phi) is 4.36. The highest BCUT2D eigenvalue weighted by Crippen LogP contribution is 2.25. The van der Waals surface area contributed by atoms with Crippen molar-refractivity contribution in [2.24, 2.45) is 0 Å². The van der Waals surface area contributed by atoms with Gasteiger partial charge < -0.3 is 10.1 Å². The first kappa shape index (κ1) is 15.3. The Morgan fingerprint density at radius 2 is 2.23 bits per heavy atom. The Balaban J connectivity index is 1.65. The van der Waals surface area contributed by atoms with Crippen LogP contribution in [-0.2, 0) is 6.61 Å². The maximum Gasteiger partial charge on any atom is 0.263 e. The minimum absolute atomic E-state index is 0.0221. The van der Waals surface area contributed by atoms with Gasteiger partial charge in [0.25, 0.3) is 5.91 Å². The number of halogens is 1. The summed E-state index contributed by atoms with van der Waals surface area (Å²) in [6, 6.07) is 5.89. The van der Waals surface area contributed by atoms with Gasteiger partial charge in [0, 0.05) is 11.1 Å². The number of thiazole rings is 1. The smallest absolute Gasteiger partial charge is 0.263 e. The fourth-order valence-electron chi connectivity index (χ4n) is 2.06. The lowest BCUT2D eigenvalue weighted by atomic mass is 10.2. The molecule has 1 aromatic heterocycles. The molecule has 0 radical (unpaired) electrons. The number of aryl methyl sites for hydroxylation is 2. The highest BCUT2D eigenvalue weighted by molar-refractivity contribution is 7.13. The fraction of sp³-hybridized carbons (Fsp3) is 0.375. The van der Waals surface area contributed by atoms with Gasteiger partial charge in [-0.1, -0.05) is 11.6 Å². The van der Waals surface area contributed by atoms with Crippen LogP contribution in [0.5, 0.6) is 5.75 Å². The Hall–Kier alpha value is -1.59. The molecule has 1 aromatic carbocycles. The van der Waals surface area contributed by atoms with Gasteiger partial charge in [-0.25, -0.2) is 4.98 Å². The minimum atomic E-state index is -0.0221. The van der Waals surface area contributed by atoms with Gasteiger partial charge in [0.05, 0.1) is 5.69 Å². The molecular formula is C16H17ClN2O2S. The van der Waals surface area contributed by atoms with Gasteiger partial charge in [0.1, 0.15) is 22.2 Å². The molecule has 6 heteroatoms. The van der Waals surface area contributed by atoms with Gasteiger partial charge >= 0.3 is 0 Å². The molecule has 1 heterocycles. The Morgan fingerprint density at radius 3 is 2.91 bits per heavy atom. The second-order valence-corrected chi connectivity index (χ2v) is 6.96. The zero-order valence-electron chi connectivity index (χ0n) is 12.5. The molecule has 0 bridgehead atoms. The second kappa shape index (κ2) is 6.26. The summed E-state index contributed by atoms with van der Waals surface area (Å²) in [6.07, 6.45) is 2.16. The maximum absolute atomic E-state index is 12.1. The third-order valence-electron chi connectivity index (χ3n) is 3.45. The normalized spacial score (nSPS) is 14.0. The molecule has 0 saturated heterocycles. The number of rotatable bonds is 5. The summed E-state index contributed by atoms with van der Waals surface area (Å²) in [7, 11) is 0. The first-order valence-electron chi connectivity index (χ1n) is 7.19. The van der Waals surface area contributed by atoms with Crippen LogP contribution >= 0.6 is 22.9 Å². The maximum atomic E-state index is 12.1. The van der Waals surface area contributed by atoms with E-state index in [-0.39, 0.29) is 5.91 Å². The molecule has 22 heavy (non-hydrogen) atoms. The van der Waals surface area contributed by atoms with E-state index in [0.717, 1.165) is 39.9 Å². The Labute approximate surface area is 138 Å². The van der Waals surface area contributed by atoms with Crippen molar-refractivity contribution in [1.29, 1.82) is 0 Å². The molecule has 1 saturated carbocycles. The van der Waals surface area contributed by atoms with E-state index in [1.54, 1.807) is 0 Å². The van der Waals surface area contributed by atoms with E-state index >= 15 is 0 Å². The number of aromatic nitrogens is 1. The minimum Gasteiger partial charge on any atom is -0.486 e. The number of amides is 1. The first-order chi connectivity index (χ1) is 10.5. The van der Waals surface area contributed by atoms with Crippen LogP contribution in [0.15, 0.2) is 18.2 Å². The summed E-state index contributed by atoms with van der Waals surface area (Å²) in [6.45, 7) is 4.14. The van der Waals surface area contributed by atoms with Gasteiger partial charge in [-0.05, 0) is 50.5 Å². The standard InChI is InChI=1S/C16H17ClN2O2S/c1-9-7-12(5-6-13(9)17)21-8-14-18-10(2)15(22-14)16(20)19-11-3-4-11/h5-7,11H,3-4,8H2,1-2H3,(H,19,20). The van der Waals surface area contributed by atoms with Gasteiger partial charge in [-0.15, -0.1) is 11.3 Å². The molecular weight excluding hydrogens is 320 g/mol. The highest BCUT2D eigenvalue weighted by atomic mass is 35.5. The zero-order valence-corrected chi connectivity index (χ0v) is 14.1. The third kappa shape index (κ3) is 3.59. The first-order valence-corrected chi connectivity index (χ1v) is 8.38. The number of nitrogens with one attached hydrogen (secondary N) is 1. The lowest BCUT2D eigenvalue weighted by molar-refractivity contribution is 0.0954. The molecule has 1 fully saturated rings. The number of carbonyl (C=O) groups is 1. The Bertz CT molecular complexity index is 710. The molecule has 1 aliphatic rings. The lowest BCUT2D eigenvalue weighted by Crippen LogP contribution is -2.25. The van der Waals surface area contributed by atoms with E-state index in [1.807, 2.05) is 32.0 Å². The number of hydrogen-bond donors (Lipinski definition) is 1. The molecule has 0 spiro atoms. The average Bonchev–Trinajstić information content (AvgIpc) is 3.21. The SMILES string of the molecule is Cc1cc(OCc2nc(C)c(C(=O)NC3CC3)s2)ccc1Cl. The van der Waals surface area contributed by atoms with E-state index in [1.165, 1.54) is 11.3 Å². The van der Waals surface area contributed by atoms with Gasteiger partial charge in [-0.3, -0.25) is 4.79 Å². The van der Waals surface area contributed by atoms with E-state index < -0.39 is 0 Å². The summed E-state index contributed by atoms with van der Waals surface area (Å²) in [5.41, 5.74) is 1.73. The van der Waals surface area contributed by atoms with Gasteiger partial charge in [0.15, 0.2) is 0 Å². The number of carbonyl (C=O) groups excluding carboxylic acids is 1. The van der Waals surface area contributed by atoms with Crippen molar-refractivity contribution in [3.63, 3.8) is 0 Å². The predicted octanol–water partition coefficient (Wildman–Crippen LogP) is 3.88. The molecule has 116 valence electrons. The van der Waals surface area contributed by atoms with Crippen molar-refractivity contribution in [2.45, 2.75) is 39.3 Å². The van der Waals surface area contributed by atoms with Crippen LogP contribution in [-0.4, -0.2) is 16.9 Å². The van der Waals surface area contributed by atoms with E-state index in [0.29, 0.717) is 17.5 Å². The zero-order chi connectivity index (χ0) is 15.7. The molecule has 0 unspecified atom stereocenters. The average molecular weight is 337 g/mol. The predicted molar refractivity (Wildman–Crippen MR) is 87.9 cm³/mol. The Morgan fingerprint density at radius 1 is 1.45 bits per heavy atom. The number of benzene rings is 1. The molecule has 3 rings (SSSR count). The van der Waals surface area contributed by atoms with Crippen LogP contribution in [0, 0.1) is 13.8 Å². The molecule has 1 N–H and O–H groups in total. The number of ether oxygens (including phenoxy) is 1. The van der Waals surface area contributed by atoms with Crippen molar-refractivity contribution in [2.75, 3.05) is 0 Å². The van der Waals surface area contributed by atoms with Crippen LogP contribution < -0.4 is 10.1 Å². The molecule has 1 amide bonds. The van der Waals surface area contributed by atoms with Crippen molar-refractivity contribution < 1.29 is 9.53 Å². The summed E-state index contributed by atoms with van der Waals surface area (Å²) >= 11 is 7.38. The topological polar surface area (TPSA) is 51.2 Å². The van der Waals surface area contributed by atoms with Crippen LogP contribution in [0.4, 0.5) is 0 Å². The summed E-state index contributed by atoms with van der Waals surface area (Å²) in [5.74, 6) is 0.727. The van der Waals surface area contributed by atoms with E-state index in [4.69, 9.17) is 16.3 Å². The molecule has 2 aromatic rings. The molecule has 4 nitrogen and oxygen atoms in total. The molecule has 0 aliphatic heterocycles. The number of hydrogen-bond acceptors (Lipinski definition) is 4. The van der Waals surface area contributed by atoms with Crippen LogP contribution in [0.2, 0.25) is 5.02 Å². The molecule has 1 aliphatic carbocycles. The van der Waals surface area contributed by atoms with Crippen molar-refractivity contribution in [1.82, 2.24) is 10.3 Å². The fourth-order valence-corrected chi connectivity index (χ4v) is 3.05. The lowest BCUT2D eigenvalue weighted by Gasteiger charge is -2.05. The van der Waals surface area contributed by atoms with Crippen LogP contribution in [0.3, 0.4) is 0 Å². The third-order valence-corrected chi connectivity index (χ3v) is 5.01. The summed E-state index contributed by atoms with van der Waals surface area (Å²) in [4.78, 5) is 17.2. The molecule has 0 atom stereocenters. The van der Waals surface area contributed by atoms with Crippen molar-refractivity contribution in [3.8, 4) is 5.75 Å². The van der Waals surface area contributed by atoms with Gasteiger partial charge in [-0.2, -0.15) is 0 Å². The van der Waals surface area contributed by atoms with E-state index in [2.05, 4.69) is 10.3 Å².